The highest BCUT2D eigenvalue weighted by atomic mass is 16.2. The summed E-state index contributed by atoms with van der Waals surface area (Å²) in [5.74, 6) is -0.478. The molecule has 130 valence electrons. The second-order valence-electron chi connectivity index (χ2n) is 6.75. The van der Waals surface area contributed by atoms with Crippen LogP contribution in [0.2, 0.25) is 0 Å². The second-order valence-corrected chi connectivity index (χ2v) is 6.75. The number of carbonyl (C=O) groups excluding carboxylic acids is 3. The van der Waals surface area contributed by atoms with Crippen LogP contribution in [-0.4, -0.2) is 40.9 Å². The Morgan fingerprint density at radius 3 is 2.26 bits per heavy atom. The SMILES string of the molecule is CCC(CC)NC(=O)CN1C(=O)NC2(CCCCCCC2)C1=O. The van der Waals surface area contributed by atoms with Crippen LogP contribution in [0.3, 0.4) is 0 Å². The predicted octanol–water partition coefficient (Wildman–Crippen LogP) is 2.33. The van der Waals surface area contributed by atoms with Crippen LogP contribution in [0.5, 0.6) is 0 Å². The summed E-state index contributed by atoms with van der Waals surface area (Å²) in [4.78, 5) is 38.2. The third kappa shape index (κ3) is 4.03. The van der Waals surface area contributed by atoms with Crippen LogP contribution in [0.25, 0.3) is 0 Å². The molecule has 0 bridgehead atoms. The van der Waals surface area contributed by atoms with Crippen molar-refractivity contribution < 1.29 is 14.4 Å². The number of nitrogens with one attached hydrogen (secondary N) is 2. The number of rotatable bonds is 5. The molecule has 2 fully saturated rings. The quantitative estimate of drug-likeness (QED) is 0.762. The molecule has 2 aliphatic rings. The minimum Gasteiger partial charge on any atom is -0.352 e. The number of nitrogens with zero attached hydrogens (tertiary/aromatic N) is 1. The molecule has 1 spiro atoms. The van der Waals surface area contributed by atoms with Crippen molar-refractivity contribution in [1.82, 2.24) is 15.5 Å². The summed E-state index contributed by atoms with van der Waals surface area (Å²) in [7, 11) is 0. The number of carbonyl (C=O) groups is 3. The van der Waals surface area contributed by atoms with Crippen molar-refractivity contribution in [2.75, 3.05) is 6.54 Å². The van der Waals surface area contributed by atoms with Gasteiger partial charge in [-0.2, -0.15) is 0 Å². The van der Waals surface area contributed by atoms with Gasteiger partial charge in [0.25, 0.3) is 5.91 Å². The lowest BCUT2D eigenvalue weighted by Crippen LogP contribution is -2.48. The van der Waals surface area contributed by atoms with Crippen LogP contribution in [0.1, 0.15) is 71.6 Å². The minimum absolute atomic E-state index is 0.0959. The van der Waals surface area contributed by atoms with Crippen LogP contribution in [0.15, 0.2) is 0 Å². The Hall–Kier alpha value is -1.59. The Balaban J connectivity index is 2.01. The molecule has 0 radical (unpaired) electrons. The van der Waals surface area contributed by atoms with Crippen LogP contribution < -0.4 is 10.6 Å². The number of hydrogen-bond acceptors (Lipinski definition) is 3. The lowest BCUT2D eigenvalue weighted by Gasteiger charge is -2.28. The van der Waals surface area contributed by atoms with Gasteiger partial charge in [0.05, 0.1) is 0 Å². The van der Waals surface area contributed by atoms with Gasteiger partial charge < -0.3 is 10.6 Å². The van der Waals surface area contributed by atoms with E-state index in [0.717, 1.165) is 43.4 Å². The summed E-state index contributed by atoms with van der Waals surface area (Å²) >= 11 is 0. The van der Waals surface area contributed by atoms with E-state index in [4.69, 9.17) is 0 Å². The van der Waals surface area contributed by atoms with E-state index in [1.807, 2.05) is 13.8 Å². The topological polar surface area (TPSA) is 78.5 Å². The summed E-state index contributed by atoms with van der Waals surface area (Å²) < 4.78 is 0. The fourth-order valence-corrected chi connectivity index (χ4v) is 3.58. The fraction of sp³-hybridized carbons (Fsp3) is 0.824. The first-order valence-electron chi connectivity index (χ1n) is 8.96. The van der Waals surface area contributed by atoms with Crippen LogP contribution in [-0.2, 0) is 9.59 Å². The Bertz CT molecular complexity index is 452. The number of imide groups is 1. The number of amides is 4. The molecule has 1 saturated heterocycles. The van der Waals surface area contributed by atoms with E-state index < -0.39 is 11.6 Å². The van der Waals surface area contributed by atoms with Gasteiger partial charge in [-0.3, -0.25) is 14.5 Å². The molecular weight excluding hydrogens is 294 g/mol. The van der Waals surface area contributed by atoms with Gasteiger partial charge in [0.15, 0.2) is 0 Å². The van der Waals surface area contributed by atoms with Gasteiger partial charge >= 0.3 is 6.03 Å². The Kier molecular flexibility index (Phi) is 6.02. The lowest BCUT2D eigenvalue weighted by molar-refractivity contribution is -0.135. The maximum Gasteiger partial charge on any atom is 0.325 e. The maximum atomic E-state index is 12.8. The van der Waals surface area contributed by atoms with Crippen molar-refractivity contribution in [3.05, 3.63) is 0 Å². The van der Waals surface area contributed by atoms with Crippen molar-refractivity contribution in [3.8, 4) is 0 Å². The van der Waals surface area contributed by atoms with Gasteiger partial charge in [0, 0.05) is 6.04 Å². The van der Waals surface area contributed by atoms with E-state index in [0.29, 0.717) is 12.8 Å². The van der Waals surface area contributed by atoms with Gasteiger partial charge in [-0.05, 0) is 25.7 Å². The molecule has 23 heavy (non-hydrogen) atoms. The zero-order chi connectivity index (χ0) is 16.9. The molecule has 4 amide bonds. The molecule has 2 N–H and O–H groups in total. The monoisotopic (exact) mass is 323 g/mol. The van der Waals surface area contributed by atoms with Gasteiger partial charge in [-0.1, -0.05) is 46.0 Å². The fourth-order valence-electron chi connectivity index (χ4n) is 3.58. The summed E-state index contributed by atoms with van der Waals surface area (Å²) in [6.07, 6.45) is 8.32. The van der Waals surface area contributed by atoms with Gasteiger partial charge in [-0.25, -0.2) is 4.79 Å². The summed E-state index contributed by atoms with van der Waals surface area (Å²) in [5, 5.41) is 5.77. The van der Waals surface area contributed by atoms with Gasteiger partial charge in [-0.15, -0.1) is 0 Å². The lowest BCUT2D eigenvalue weighted by atomic mass is 9.84. The van der Waals surface area contributed by atoms with Crippen molar-refractivity contribution in [2.45, 2.75) is 83.2 Å². The number of urea groups is 1. The molecule has 6 nitrogen and oxygen atoms in total. The van der Waals surface area contributed by atoms with E-state index in [-0.39, 0.29) is 24.4 Å². The molecular formula is C17H29N3O3. The molecule has 0 unspecified atom stereocenters. The van der Waals surface area contributed by atoms with E-state index in [2.05, 4.69) is 10.6 Å². The Labute approximate surface area is 138 Å². The Morgan fingerprint density at radius 2 is 1.70 bits per heavy atom. The maximum absolute atomic E-state index is 12.8. The van der Waals surface area contributed by atoms with Crippen molar-refractivity contribution in [2.24, 2.45) is 0 Å². The van der Waals surface area contributed by atoms with Crippen molar-refractivity contribution in [1.29, 1.82) is 0 Å². The molecule has 1 saturated carbocycles. The molecule has 0 aromatic rings. The summed E-state index contributed by atoms with van der Waals surface area (Å²) in [6.45, 7) is 3.83. The molecule has 0 aromatic heterocycles. The minimum atomic E-state index is -0.771. The second kappa shape index (κ2) is 7.79. The zero-order valence-corrected chi connectivity index (χ0v) is 14.3. The molecule has 1 aliphatic heterocycles. The molecule has 0 aromatic carbocycles. The third-order valence-corrected chi connectivity index (χ3v) is 5.11. The van der Waals surface area contributed by atoms with Crippen LogP contribution >= 0.6 is 0 Å². The highest BCUT2D eigenvalue weighted by Gasteiger charge is 2.50. The van der Waals surface area contributed by atoms with Crippen LogP contribution in [0, 0.1) is 0 Å². The van der Waals surface area contributed by atoms with Gasteiger partial charge in [0.2, 0.25) is 5.91 Å². The van der Waals surface area contributed by atoms with E-state index in [1.165, 1.54) is 6.42 Å². The standard InChI is InChI=1S/C17H29N3O3/c1-3-13(4-2)18-14(21)12-20-15(22)17(19-16(20)23)10-8-6-5-7-9-11-17/h13H,3-12H2,1-2H3,(H,18,21)(H,19,23). The molecule has 1 heterocycles. The van der Waals surface area contributed by atoms with Crippen molar-refractivity contribution in [3.63, 3.8) is 0 Å². The third-order valence-electron chi connectivity index (χ3n) is 5.11. The molecule has 1 aliphatic carbocycles. The Morgan fingerprint density at radius 1 is 1.13 bits per heavy atom. The molecule has 0 atom stereocenters. The number of hydrogen-bond donors (Lipinski definition) is 2. The van der Waals surface area contributed by atoms with E-state index in [9.17, 15) is 14.4 Å². The first kappa shape index (κ1) is 17.8. The van der Waals surface area contributed by atoms with E-state index >= 15 is 0 Å². The molecule has 6 heteroatoms. The van der Waals surface area contributed by atoms with Crippen molar-refractivity contribution >= 4 is 17.8 Å². The zero-order valence-electron chi connectivity index (χ0n) is 14.3. The van der Waals surface area contributed by atoms with Gasteiger partial charge in [0.1, 0.15) is 12.1 Å². The molecule has 2 rings (SSSR count). The summed E-state index contributed by atoms with van der Waals surface area (Å²) in [6, 6.07) is -0.325. The van der Waals surface area contributed by atoms with E-state index in [1.54, 1.807) is 0 Å². The smallest absolute Gasteiger partial charge is 0.325 e. The predicted molar refractivity (Wildman–Crippen MR) is 87.8 cm³/mol. The largest absolute Gasteiger partial charge is 0.352 e. The first-order valence-corrected chi connectivity index (χ1v) is 8.96. The first-order chi connectivity index (χ1) is 11.0. The highest BCUT2D eigenvalue weighted by Crippen LogP contribution is 2.31. The normalized spacial score (nSPS) is 21.3. The average Bonchev–Trinajstić information content (AvgIpc) is 2.74. The van der Waals surface area contributed by atoms with Crippen LogP contribution in [0.4, 0.5) is 4.79 Å². The summed E-state index contributed by atoms with van der Waals surface area (Å²) in [5.41, 5.74) is -0.771. The average molecular weight is 323 g/mol. The highest BCUT2D eigenvalue weighted by molar-refractivity contribution is 6.09.